The molecule has 0 bridgehead atoms. The van der Waals surface area contributed by atoms with Crippen LogP contribution in [0, 0.1) is 0 Å². The molecular formula is C13H19NO5. The molecule has 6 nitrogen and oxygen atoms in total. The summed E-state index contributed by atoms with van der Waals surface area (Å²) in [5.74, 6) is 0.112. The monoisotopic (exact) mass is 269 g/mol. The van der Waals surface area contributed by atoms with Crippen LogP contribution in [0.15, 0.2) is 18.2 Å². The Morgan fingerprint density at radius 1 is 1.42 bits per heavy atom. The molecule has 0 aliphatic heterocycles. The molecule has 1 amide bonds. The van der Waals surface area contributed by atoms with Crippen molar-refractivity contribution in [2.75, 3.05) is 13.7 Å². The first-order chi connectivity index (χ1) is 8.95. The molecular weight excluding hydrogens is 250 g/mol. The van der Waals surface area contributed by atoms with Crippen molar-refractivity contribution in [2.24, 2.45) is 0 Å². The normalized spacial score (nSPS) is 13.7. The topological polar surface area (TPSA) is 99.0 Å². The van der Waals surface area contributed by atoms with Crippen molar-refractivity contribution in [3.8, 4) is 11.5 Å². The van der Waals surface area contributed by atoms with Gasteiger partial charge in [-0.3, -0.25) is 4.79 Å². The first-order valence-electron chi connectivity index (χ1n) is 5.93. The van der Waals surface area contributed by atoms with Gasteiger partial charge in [-0.05, 0) is 18.6 Å². The van der Waals surface area contributed by atoms with Gasteiger partial charge in [0.25, 0.3) is 0 Å². The lowest BCUT2D eigenvalue weighted by Crippen LogP contribution is -2.27. The molecule has 0 radical (unpaired) electrons. The summed E-state index contributed by atoms with van der Waals surface area (Å²) in [6, 6.07) is 4.43. The van der Waals surface area contributed by atoms with Crippen LogP contribution in [-0.4, -0.2) is 41.0 Å². The van der Waals surface area contributed by atoms with Gasteiger partial charge in [0, 0.05) is 25.1 Å². The van der Waals surface area contributed by atoms with Crippen LogP contribution in [0.2, 0.25) is 0 Å². The number of carbonyl (C=O) groups excluding carboxylic acids is 1. The molecule has 0 heterocycles. The average Bonchev–Trinajstić information content (AvgIpc) is 2.37. The van der Waals surface area contributed by atoms with E-state index in [1.807, 2.05) is 0 Å². The molecule has 106 valence electrons. The Labute approximate surface area is 111 Å². The van der Waals surface area contributed by atoms with Crippen LogP contribution in [0.5, 0.6) is 11.5 Å². The third kappa shape index (κ3) is 4.42. The van der Waals surface area contributed by atoms with Gasteiger partial charge in [0.15, 0.2) is 0 Å². The number of amides is 1. The molecule has 4 N–H and O–H groups in total. The average molecular weight is 269 g/mol. The molecule has 0 spiro atoms. The van der Waals surface area contributed by atoms with E-state index in [1.165, 1.54) is 26.2 Å². The predicted octanol–water partition coefficient (Wildman–Crippen LogP) is 0.321. The van der Waals surface area contributed by atoms with Gasteiger partial charge >= 0.3 is 0 Å². The van der Waals surface area contributed by atoms with Gasteiger partial charge in [0.1, 0.15) is 17.6 Å². The first kappa shape index (κ1) is 15.3. The Balaban J connectivity index is 2.65. The molecule has 0 fully saturated rings. The summed E-state index contributed by atoms with van der Waals surface area (Å²) in [7, 11) is 1.47. The highest BCUT2D eigenvalue weighted by Crippen LogP contribution is 2.30. The summed E-state index contributed by atoms with van der Waals surface area (Å²) in [4.78, 5) is 10.7. The number of hydrogen-bond acceptors (Lipinski definition) is 5. The van der Waals surface area contributed by atoms with Gasteiger partial charge in [-0.15, -0.1) is 0 Å². The lowest BCUT2D eigenvalue weighted by atomic mass is 10.0. The third-order valence-corrected chi connectivity index (χ3v) is 2.73. The number of phenols is 1. The fourth-order valence-electron chi connectivity index (χ4n) is 1.66. The van der Waals surface area contributed by atoms with Crippen molar-refractivity contribution < 1.29 is 24.9 Å². The van der Waals surface area contributed by atoms with E-state index in [-0.39, 0.29) is 30.2 Å². The third-order valence-electron chi connectivity index (χ3n) is 2.73. The van der Waals surface area contributed by atoms with Crippen LogP contribution < -0.4 is 10.1 Å². The second-order valence-electron chi connectivity index (χ2n) is 4.21. The van der Waals surface area contributed by atoms with Gasteiger partial charge in [-0.1, -0.05) is 0 Å². The second kappa shape index (κ2) is 6.96. The maximum Gasteiger partial charge on any atom is 0.216 e. The zero-order valence-corrected chi connectivity index (χ0v) is 11.0. The molecule has 0 aromatic heterocycles. The lowest BCUT2D eigenvalue weighted by molar-refractivity contribution is -0.119. The SMILES string of the molecule is COc1ccc(C(O)C(O)CCNC(C)=O)c(O)c1. The number of methoxy groups -OCH3 is 1. The number of aliphatic hydroxyl groups is 2. The molecule has 0 saturated carbocycles. The summed E-state index contributed by atoms with van der Waals surface area (Å²) < 4.78 is 4.93. The smallest absolute Gasteiger partial charge is 0.216 e. The summed E-state index contributed by atoms with van der Waals surface area (Å²) in [5.41, 5.74) is 0.219. The molecule has 1 rings (SSSR count). The summed E-state index contributed by atoms with van der Waals surface area (Å²) in [6.07, 6.45) is -2.11. The number of phenolic OH excluding ortho intramolecular Hbond substituents is 1. The van der Waals surface area contributed by atoms with Gasteiger partial charge in [-0.2, -0.15) is 0 Å². The Hall–Kier alpha value is -1.79. The lowest BCUT2D eigenvalue weighted by Gasteiger charge is -2.19. The van der Waals surface area contributed by atoms with E-state index in [4.69, 9.17) is 4.74 Å². The minimum Gasteiger partial charge on any atom is -0.507 e. The summed E-state index contributed by atoms with van der Waals surface area (Å²) >= 11 is 0. The molecule has 6 heteroatoms. The van der Waals surface area contributed by atoms with E-state index >= 15 is 0 Å². The van der Waals surface area contributed by atoms with Crippen LogP contribution in [-0.2, 0) is 4.79 Å². The van der Waals surface area contributed by atoms with E-state index in [2.05, 4.69) is 5.32 Å². The minimum atomic E-state index is -1.22. The quantitative estimate of drug-likeness (QED) is 0.596. The minimum absolute atomic E-state index is 0.148. The molecule has 0 aliphatic carbocycles. The number of hydrogen-bond donors (Lipinski definition) is 4. The fourth-order valence-corrected chi connectivity index (χ4v) is 1.66. The van der Waals surface area contributed by atoms with Crippen molar-refractivity contribution in [3.05, 3.63) is 23.8 Å². The number of aliphatic hydroxyl groups excluding tert-OH is 2. The van der Waals surface area contributed by atoms with Crippen LogP contribution >= 0.6 is 0 Å². The van der Waals surface area contributed by atoms with E-state index < -0.39 is 12.2 Å². The molecule has 2 atom stereocenters. The maximum atomic E-state index is 10.7. The summed E-state index contributed by atoms with van der Waals surface area (Å²) in [6.45, 7) is 1.63. The number of aromatic hydroxyl groups is 1. The molecule has 0 aliphatic rings. The largest absolute Gasteiger partial charge is 0.507 e. The zero-order valence-electron chi connectivity index (χ0n) is 11.0. The highest BCUT2D eigenvalue weighted by Gasteiger charge is 2.21. The van der Waals surface area contributed by atoms with Crippen molar-refractivity contribution in [1.29, 1.82) is 0 Å². The molecule has 1 aromatic rings. The Bertz CT molecular complexity index is 435. The standard InChI is InChI=1S/C13H19NO5/c1-8(15)14-6-5-11(16)13(18)10-4-3-9(19-2)7-12(10)17/h3-4,7,11,13,16-18H,5-6H2,1-2H3,(H,14,15). The Morgan fingerprint density at radius 2 is 2.11 bits per heavy atom. The van der Waals surface area contributed by atoms with E-state index in [9.17, 15) is 20.1 Å². The van der Waals surface area contributed by atoms with Crippen LogP contribution in [0.4, 0.5) is 0 Å². The van der Waals surface area contributed by atoms with Crippen LogP contribution in [0.1, 0.15) is 25.0 Å². The molecule has 1 aromatic carbocycles. The first-order valence-corrected chi connectivity index (χ1v) is 5.93. The van der Waals surface area contributed by atoms with Crippen molar-refractivity contribution in [2.45, 2.75) is 25.6 Å². The number of carbonyl (C=O) groups is 1. The van der Waals surface area contributed by atoms with Crippen LogP contribution in [0.25, 0.3) is 0 Å². The van der Waals surface area contributed by atoms with Gasteiger partial charge < -0.3 is 25.4 Å². The fraction of sp³-hybridized carbons (Fsp3) is 0.462. The number of rotatable bonds is 6. The highest BCUT2D eigenvalue weighted by molar-refractivity contribution is 5.72. The summed E-state index contributed by atoms with van der Waals surface area (Å²) in [5, 5.41) is 32.0. The van der Waals surface area contributed by atoms with E-state index in [1.54, 1.807) is 6.07 Å². The molecule has 2 unspecified atom stereocenters. The predicted molar refractivity (Wildman–Crippen MR) is 68.9 cm³/mol. The molecule has 19 heavy (non-hydrogen) atoms. The zero-order chi connectivity index (χ0) is 14.4. The van der Waals surface area contributed by atoms with Crippen molar-refractivity contribution in [3.63, 3.8) is 0 Å². The number of benzene rings is 1. The van der Waals surface area contributed by atoms with E-state index in [0.717, 1.165) is 0 Å². The number of ether oxygens (including phenoxy) is 1. The van der Waals surface area contributed by atoms with Gasteiger partial charge in [0.05, 0.1) is 13.2 Å². The Kier molecular flexibility index (Phi) is 5.59. The Morgan fingerprint density at radius 3 is 2.63 bits per heavy atom. The van der Waals surface area contributed by atoms with Gasteiger partial charge in [-0.25, -0.2) is 0 Å². The van der Waals surface area contributed by atoms with Crippen molar-refractivity contribution in [1.82, 2.24) is 5.32 Å². The highest BCUT2D eigenvalue weighted by atomic mass is 16.5. The molecule has 0 saturated heterocycles. The van der Waals surface area contributed by atoms with Crippen molar-refractivity contribution >= 4 is 5.91 Å². The van der Waals surface area contributed by atoms with E-state index in [0.29, 0.717) is 5.75 Å². The number of nitrogens with one attached hydrogen (secondary N) is 1. The van der Waals surface area contributed by atoms with Gasteiger partial charge in [0.2, 0.25) is 5.91 Å². The maximum absolute atomic E-state index is 10.7. The second-order valence-corrected chi connectivity index (χ2v) is 4.21. The van der Waals surface area contributed by atoms with Crippen LogP contribution in [0.3, 0.4) is 0 Å².